The summed E-state index contributed by atoms with van der Waals surface area (Å²) in [5, 5.41) is 4.01. The summed E-state index contributed by atoms with van der Waals surface area (Å²) in [6.07, 6.45) is 3.87. The third-order valence-electron chi connectivity index (χ3n) is 4.28. The molecular formula is C18H12N4O4. The number of nitrogens with one attached hydrogen (secondary N) is 2. The molecule has 0 spiro atoms. The summed E-state index contributed by atoms with van der Waals surface area (Å²) in [6, 6.07) is 3.95. The van der Waals surface area contributed by atoms with Gasteiger partial charge in [0.15, 0.2) is 5.78 Å². The fourth-order valence-corrected chi connectivity index (χ4v) is 3.06. The maximum atomic E-state index is 13.1. The van der Waals surface area contributed by atoms with E-state index in [-0.39, 0.29) is 11.1 Å². The molecule has 1 fully saturated rings. The lowest BCUT2D eigenvalue weighted by molar-refractivity contribution is -0.123. The van der Waals surface area contributed by atoms with Gasteiger partial charge in [0.05, 0.1) is 16.8 Å². The molecule has 0 saturated carbocycles. The molecule has 0 unspecified atom stereocenters. The molecule has 1 aliphatic carbocycles. The first-order valence-corrected chi connectivity index (χ1v) is 7.91. The topological polar surface area (TPSA) is 118 Å². The molecule has 4 rings (SSSR count). The highest BCUT2D eigenvalue weighted by Crippen LogP contribution is 2.38. The van der Waals surface area contributed by atoms with Crippen molar-refractivity contribution in [2.45, 2.75) is 13.3 Å². The van der Waals surface area contributed by atoms with E-state index in [0.29, 0.717) is 23.4 Å². The van der Waals surface area contributed by atoms with Crippen molar-refractivity contribution >= 4 is 29.2 Å². The second-order valence-electron chi connectivity index (χ2n) is 5.81. The van der Waals surface area contributed by atoms with Crippen LogP contribution in [0.1, 0.15) is 28.4 Å². The van der Waals surface area contributed by atoms with Crippen molar-refractivity contribution in [2.24, 2.45) is 0 Å². The monoisotopic (exact) mass is 348 g/mol. The standard InChI is InChI=1S/C18H12N4O4/c1-2-8-6-10-11(12-16(24)21-18(26)22-17(12)25)15(23)9-4-3-5-19-13(9)14(10)20-7-8/h3-7H,2H2,1H3,(H2,21,22,24,25,26). The van der Waals surface area contributed by atoms with Crippen LogP contribution in [-0.4, -0.2) is 33.6 Å². The minimum absolute atomic E-state index is 0.0780. The van der Waals surface area contributed by atoms with Crippen molar-refractivity contribution in [2.75, 3.05) is 0 Å². The number of hydrogen-bond donors (Lipinski definition) is 2. The first-order chi connectivity index (χ1) is 12.5. The van der Waals surface area contributed by atoms with Crippen LogP contribution in [0, 0.1) is 0 Å². The quantitative estimate of drug-likeness (QED) is 0.587. The number of carbonyl (C=O) groups is 4. The minimum Gasteiger partial charge on any atom is -0.288 e. The Balaban J connectivity index is 2.07. The van der Waals surface area contributed by atoms with Crippen LogP contribution in [0.25, 0.3) is 17.0 Å². The van der Waals surface area contributed by atoms with Crippen molar-refractivity contribution in [1.29, 1.82) is 0 Å². The van der Waals surface area contributed by atoms with Gasteiger partial charge >= 0.3 is 6.03 Å². The number of rotatable bonds is 1. The minimum atomic E-state index is -0.921. The summed E-state index contributed by atoms with van der Waals surface area (Å²) in [6.45, 7) is 1.92. The van der Waals surface area contributed by atoms with E-state index in [1.807, 2.05) is 17.6 Å². The lowest BCUT2D eigenvalue weighted by Gasteiger charge is -2.23. The Kier molecular flexibility index (Phi) is 3.47. The molecule has 2 aliphatic rings. The smallest absolute Gasteiger partial charge is 0.288 e. The van der Waals surface area contributed by atoms with Crippen LogP contribution in [-0.2, 0) is 16.0 Å². The number of carbonyl (C=O) groups excluding carboxylic acids is 4. The Morgan fingerprint density at radius 3 is 2.31 bits per heavy atom. The maximum absolute atomic E-state index is 13.1. The number of urea groups is 1. The van der Waals surface area contributed by atoms with Gasteiger partial charge in [0, 0.05) is 18.0 Å². The molecule has 128 valence electrons. The number of aryl methyl sites for hydroxylation is 1. The number of fused-ring (bicyclic) bond motifs is 3. The number of Topliss-reactive ketones (excluding diaryl/α,β-unsaturated/α-hetero) is 1. The van der Waals surface area contributed by atoms with Gasteiger partial charge < -0.3 is 0 Å². The molecule has 2 N–H and O–H groups in total. The fraction of sp³-hybridized carbons (Fsp3) is 0.111. The number of pyridine rings is 2. The molecule has 0 radical (unpaired) electrons. The summed E-state index contributed by atoms with van der Waals surface area (Å²) in [7, 11) is 0. The third-order valence-corrected chi connectivity index (χ3v) is 4.28. The molecular weight excluding hydrogens is 336 g/mol. The zero-order chi connectivity index (χ0) is 18.4. The molecule has 8 nitrogen and oxygen atoms in total. The van der Waals surface area contributed by atoms with Crippen molar-refractivity contribution in [1.82, 2.24) is 20.6 Å². The van der Waals surface area contributed by atoms with Gasteiger partial charge in [0.25, 0.3) is 11.8 Å². The third kappa shape index (κ3) is 2.23. The van der Waals surface area contributed by atoms with Gasteiger partial charge in [0.1, 0.15) is 11.3 Å². The molecule has 3 heterocycles. The molecule has 2 aromatic rings. The summed E-state index contributed by atoms with van der Waals surface area (Å²) in [5.41, 5.74) is 1.77. The number of aromatic nitrogens is 2. The molecule has 0 atom stereocenters. The second-order valence-corrected chi connectivity index (χ2v) is 5.81. The van der Waals surface area contributed by atoms with Gasteiger partial charge in [-0.15, -0.1) is 0 Å². The van der Waals surface area contributed by atoms with Gasteiger partial charge in [-0.25, -0.2) is 4.79 Å². The first kappa shape index (κ1) is 15.8. The Hall–Kier alpha value is -3.68. The average Bonchev–Trinajstić information content (AvgIpc) is 2.63. The van der Waals surface area contributed by atoms with E-state index in [2.05, 4.69) is 9.97 Å². The highest BCUT2D eigenvalue weighted by Gasteiger charge is 2.38. The van der Waals surface area contributed by atoms with Crippen LogP contribution in [0.15, 0.2) is 36.2 Å². The molecule has 4 amide bonds. The SMILES string of the molecule is CCc1cnc2c(c1)C(=C1C(=O)NC(=O)NC1=O)C(=O)c1cccnc1-2. The predicted octanol–water partition coefficient (Wildman–Crippen LogP) is 1.02. The van der Waals surface area contributed by atoms with E-state index >= 15 is 0 Å². The van der Waals surface area contributed by atoms with E-state index in [9.17, 15) is 19.2 Å². The highest BCUT2D eigenvalue weighted by molar-refractivity contribution is 6.44. The average molecular weight is 348 g/mol. The van der Waals surface area contributed by atoms with Crippen LogP contribution < -0.4 is 10.6 Å². The lowest BCUT2D eigenvalue weighted by Crippen LogP contribution is -2.52. The molecule has 26 heavy (non-hydrogen) atoms. The van der Waals surface area contributed by atoms with Crippen molar-refractivity contribution in [3.63, 3.8) is 0 Å². The Morgan fingerprint density at radius 1 is 0.923 bits per heavy atom. The highest BCUT2D eigenvalue weighted by atomic mass is 16.2. The van der Waals surface area contributed by atoms with Crippen LogP contribution in [0.3, 0.4) is 0 Å². The molecule has 1 saturated heterocycles. The van der Waals surface area contributed by atoms with Gasteiger partial charge in [-0.2, -0.15) is 0 Å². The number of allylic oxidation sites excluding steroid dienone is 1. The lowest BCUT2D eigenvalue weighted by atomic mass is 9.83. The number of hydrogen-bond acceptors (Lipinski definition) is 6. The maximum Gasteiger partial charge on any atom is 0.328 e. The summed E-state index contributed by atoms with van der Waals surface area (Å²) in [4.78, 5) is 57.7. The van der Waals surface area contributed by atoms with E-state index < -0.39 is 29.2 Å². The molecule has 2 aromatic heterocycles. The fourth-order valence-electron chi connectivity index (χ4n) is 3.06. The van der Waals surface area contributed by atoms with Crippen molar-refractivity contribution in [3.05, 3.63) is 52.9 Å². The van der Waals surface area contributed by atoms with Crippen molar-refractivity contribution in [3.8, 4) is 11.4 Å². The number of ketones is 1. The second kappa shape index (κ2) is 5.69. The first-order valence-electron chi connectivity index (χ1n) is 7.91. The van der Waals surface area contributed by atoms with Gasteiger partial charge in [-0.3, -0.25) is 35.0 Å². The number of amides is 4. The molecule has 0 aromatic carbocycles. The Labute approximate surface area is 147 Å². The number of nitrogens with zero attached hydrogens (tertiary/aromatic N) is 2. The normalized spacial score (nSPS) is 16.0. The molecule has 1 aliphatic heterocycles. The van der Waals surface area contributed by atoms with Gasteiger partial charge in [-0.05, 0) is 30.2 Å². The zero-order valence-electron chi connectivity index (χ0n) is 13.6. The van der Waals surface area contributed by atoms with Gasteiger partial charge in [-0.1, -0.05) is 6.92 Å². The van der Waals surface area contributed by atoms with Gasteiger partial charge in [0.2, 0.25) is 0 Å². The zero-order valence-corrected chi connectivity index (χ0v) is 13.6. The Morgan fingerprint density at radius 2 is 1.62 bits per heavy atom. The largest absolute Gasteiger partial charge is 0.328 e. The van der Waals surface area contributed by atoms with Crippen LogP contribution in [0.4, 0.5) is 4.79 Å². The summed E-state index contributed by atoms with van der Waals surface area (Å²) in [5.74, 6) is -2.34. The van der Waals surface area contributed by atoms with Crippen LogP contribution in [0.2, 0.25) is 0 Å². The van der Waals surface area contributed by atoms with E-state index in [1.54, 1.807) is 30.6 Å². The van der Waals surface area contributed by atoms with Crippen LogP contribution in [0.5, 0.6) is 0 Å². The Bertz CT molecular complexity index is 1030. The van der Waals surface area contributed by atoms with Crippen molar-refractivity contribution < 1.29 is 19.2 Å². The number of barbiturate groups is 1. The van der Waals surface area contributed by atoms with E-state index in [4.69, 9.17) is 0 Å². The summed E-state index contributed by atoms with van der Waals surface area (Å²) < 4.78 is 0. The predicted molar refractivity (Wildman–Crippen MR) is 89.8 cm³/mol. The molecule has 8 heteroatoms. The van der Waals surface area contributed by atoms with Crippen LogP contribution >= 0.6 is 0 Å². The van der Waals surface area contributed by atoms with E-state index in [0.717, 1.165) is 5.56 Å². The van der Waals surface area contributed by atoms with E-state index in [1.165, 1.54) is 0 Å². The number of imide groups is 2. The molecule has 0 bridgehead atoms. The summed E-state index contributed by atoms with van der Waals surface area (Å²) >= 11 is 0.